The number of allylic oxidation sites excluding steroid dienone is 1. The van der Waals surface area contributed by atoms with E-state index in [4.69, 9.17) is 9.84 Å². The first-order chi connectivity index (χ1) is 13.9. The minimum absolute atomic E-state index is 0.106. The number of ketones is 1. The molecule has 144 valence electrons. The average molecular weight is 388 g/mol. The number of hydrogen-bond acceptors (Lipinski definition) is 4. The number of benzene rings is 3. The van der Waals surface area contributed by atoms with E-state index in [9.17, 15) is 19.5 Å². The molecule has 0 aliphatic rings. The number of rotatable bonds is 7. The van der Waals surface area contributed by atoms with E-state index in [-0.39, 0.29) is 22.7 Å². The van der Waals surface area contributed by atoms with Gasteiger partial charge in [0.15, 0.2) is 5.78 Å². The number of carboxylic acids is 2. The van der Waals surface area contributed by atoms with Crippen molar-refractivity contribution in [3.05, 3.63) is 101 Å². The molecule has 0 spiro atoms. The maximum atomic E-state index is 12.1. The molecule has 2 N–H and O–H groups in total. The summed E-state index contributed by atoms with van der Waals surface area (Å²) < 4.78 is 5.61. The Morgan fingerprint density at radius 2 is 1.34 bits per heavy atom. The van der Waals surface area contributed by atoms with Crippen molar-refractivity contribution in [1.29, 1.82) is 0 Å². The van der Waals surface area contributed by atoms with E-state index >= 15 is 0 Å². The van der Waals surface area contributed by atoms with Gasteiger partial charge in [0.25, 0.3) is 0 Å². The summed E-state index contributed by atoms with van der Waals surface area (Å²) in [6, 6.07) is 19.5. The third-order valence-electron chi connectivity index (χ3n) is 4.05. The van der Waals surface area contributed by atoms with Gasteiger partial charge in [0.1, 0.15) is 11.5 Å². The van der Waals surface area contributed by atoms with E-state index < -0.39 is 11.9 Å². The highest BCUT2D eigenvalue weighted by atomic mass is 16.5. The molecule has 0 unspecified atom stereocenters. The zero-order chi connectivity index (χ0) is 20.8. The molecule has 0 heterocycles. The van der Waals surface area contributed by atoms with Crippen molar-refractivity contribution in [2.75, 3.05) is 0 Å². The SMILES string of the molecule is O=C(C=Cc1ccc(Oc2ccc(C(=O)O)c(C(=O)O)c2)cc1)c1ccccc1. The first-order valence-corrected chi connectivity index (χ1v) is 8.60. The van der Waals surface area contributed by atoms with Crippen LogP contribution in [-0.2, 0) is 0 Å². The topological polar surface area (TPSA) is 101 Å². The molecule has 0 aromatic heterocycles. The quantitative estimate of drug-likeness (QED) is 0.447. The Labute approximate surface area is 166 Å². The lowest BCUT2D eigenvalue weighted by molar-refractivity contribution is 0.0651. The van der Waals surface area contributed by atoms with Crippen molar-refractivity contribution < 1.29 is 29.3 Å². The molecule has 6 heteroatoms. The lowest BCUT2D eigenvalue weighted by Crippen LogP contribution is -2.07. The van der Waals surface area contributed by atoms with Crippen molar-refractivity contribution in [3.63, 3.8) is 0 Å². The predicted molar refractivity (Wildman–Crippen MR) is 107 cm³/mol. The Kier molecular flexibility index (Phi) is 5.85. The van der Waals surface area contributed by atoms with Gasteiger partial charge in [0.2, 0.25) is 0 Å². The molecule has 0 aliphatic heterocycles. The van der Waals surface area contributed by atoms with E-state index in [1.165, 1.54) is 18.2 Å². The number of hydrogen-bond donors (Lipinski definition) is 2. The van der Waals surface area contributed by atoms with E-state index in [2.05, 4.69) is 0 Å². The van der Waals surface area contributed by atoms with Gasteiger partial charge in [-0.25, -0.2) is 9.59 Å². The van der Waals surface area contributed by atoms with Crippen molar-refractivity contribution in [2.24, 2.45) is 0 Å². The third kappa shape index (κ3) is 4.95. The normalized spacial score (nSPS) is 10.6. The van der Waals surface area contributed by atoms with Gasteiger partial charge in [0, 0.05) is 5.56 Å². The summed E-state index contributed by atoms with van der Waals surface area (Å²) in [6.45, 7) is 0. The van der Waals surface area contributed by atoms with Crippen molar-refractivity contribution in [3.8, 4) is 11.5 Å². The Morgan fingerprint density at radius 1 is 0.724 bits per heavy atom. The minimum atomic E-state index is -1.35. The van der Waals surface area contributed by atoms with Crippen LogP contribution in [-0.4, -0.2) is 27.9 Å². The van der Waals surface area contributed by atoms with E-state index in [0.29, 0.717) is 11.3 Å². The first-order valence-electron chi connectivity index (χ1n) is 8.60. The number of carbonyl (C=O) groups excluding carboxylic acids is 1. The molecule has 3 rings (SSSR count). The highest BCUT2D eigenvalue weighted by Gasteiger charge is 2.17. The number of aromatic carboxylic acids is 2. The Hall–Kier alpha value is -4.19. The lowest BCUT2D eigenvalue weighted by atomic mass is 10.1. The predicted octanol–water partition coefficient (Wildman–Crippen LogP) is 4.77. The molecule has 0 amide bonds. The van der Waals surface area contributed by atoms with Crippen molar-refractivity contribution in [2.45, 2.75) is 0 Å². The highest BCUT2D eigenvalue weighted by Crippen LogP contribution is 2.25. The monoisotopic (exact) mass is 388 g/mol. The van der Waals surface area contributed by atoms with Crippen LogP contribution in [0.1, 0.15) is 36.6 Å². The third-order valence-corrected chi connectivity index (χ3v) is 4.05. The molecule has 0 radical (unpaired) electrons. The molecule has 29 heavy (non-hydrogen) atoms. The van der Waals surface area contributed by atoms with Crippen LogP contribution in [0.5, 0.6) is 11.5 Å². The van der Waals surface area contributed by atoms with Gasteiger partial charge >= 0.3 is 11.9 Å². The van der Waals surface area contributed by atoms with E-state index in [1.54, 1.807) is 54.6 Å². The second kappa shape index (κ2) is 8.67. The van der Waals surface area contributed by atoms with Gasteiger partial charge in [-0.15, -0.1) is 0 Å². The van der Waals surface area contributed by atoms with Crippen LogP contribution in [0.3, 0.4) is 0 Å². The maximum Gasteiger partial charge on any atom is 0.336 e. The highest BCUT2D eigenvalue weighted by molar-refractivity contribution is 6.06. The summed E-state index contributed by atoms with van der Waals surface area (Å²) in [4.78, 5) is 34.4. The fourth-order valence-electron chi connectivity index (χ4n) is 2.60. The van der Waals surface area contributed by atoms with Gasteiger partial charge in [-0.3, -0.25) is 4.79 Å². The van der Waals surface area contributed by atoms with Crippen LogP contribution in [0.25, 0.3) is 6.08 Å². The maximum absolute atomic E-state index is 12.1. The number of ether oxygens (including phenoxy) is 1. The molecule has 0 saturated heterocycles. The summed E-state index contributed by atoms with van der Waals surface area (Å²) in [7, 11) is 0. The molecule has 0 aliphatic carbocycles. The summed E-state index contributed by atoms with van der Waals surface area (Å²) in [6.07, 6.45) is 3.16. The van der Waals surface area contributed by atoms with Crippen molar-refractivity contribution >= 4 is 23.8 Å². The van der Waals surface area contributed by atoms with Gasteiger partial charge < -0.3 is 14.9 Å². The van der Waals surface area contributed by atoms with E-state index in [0.717, 1.165) is 11.6 Å². The average Bonchev–Trinajstić information content (AvgIpc) is 2.73. The zero-order valence-corrected chi connectivity index (χ0v) is 15.1. The molecule has 0 fully saturated rings. The summed E-state index contributed by atoms with van der Waals surface area (Å²) in [5, 5.41) is 18.2. The zero-order valence-electron chi connectivity index (χ0n) is 15.1. The van der Waals surface area contributed by atoms with Crippen LogP contribution < -0.4 is 4.74 Å². The van der Waals surface area contributed by atoms with E-state index in [1.807, 2.05) is 6.07 Å². The molecule has 0 atom stereocenters. The smallest absolute Gasteiger partial charge is 0.336 e. The molecule has 3 aromatic rings. The Bertz CT molecular complexity index is 1080. The van der Waals surface area contributed by atoms with Gasteiger partial charge in [-0.05, 0) is 42.0 Å². The Balaban J connectivity index is 1.72. The fourth-order valence-corrected chi connectivity index (χ4v) is 2.60. The molecule has 0 saturated carbocycles. The van der Waals surface area contributed by atoms with Crippen LogP contribution in [0.4, 0.5) is 0 Å². The largest absolute Gasteiger partial charge is 0.478 e. The first kappa shape index (κ1) is 19.6. The second-order valence-corrected chi connectivity index (χ2v) is 6.05. The minimum Gasteiger partial charge on any atom is -0.478 e. The lowest BCUT2D eigenvalue weighted by Gasteiger charge is -2.08. The summed E-state index contributed by atoms with van der Waals surface area (Å²) >= 11 is 0. The van der Waals surface area contributed by atoms with Gasteiger partial charge in [0.05, 0.1) is 11.1 Å². The second-order valence-electron chi connectivity index (χ2n) is 6.05. The number of carbonyl (C=O) groups is 3. The molecule has 3 aromatic carbocycles. The number of carboxylic acid groups (broad SMARTS) is 2. The molecular formula is C23H16O6. The van der Waals surface area contributed by atoms with Crippen molar-refractivity contribution in [1.82, 2.24) is 0 Å². The van der Waals surface area contributed by atoms with Crippen LogP contribution in [0, 0.1) is 0 Å². The molecule has 6 nitrogen and oxygen atoms in total. The van der Waals surface area contributed by atoms with Gasteiger partial charge in [-0.1, -0.05) is 48.5 Å². The van der Waals surface area contributed by atoms with Gasteiger partial charge in [-0.2, -0.15) is 0 Å². The summed E-state index contributed by atoms with van der Waals surface area (Å²) in [5.74, 6) is -2.14. The standard InChI is InChI=1S/C23H16O6/c24-21(16-4-2-1-3-5-16)13-8-15-6-9-17(10-7-15)29-18-11-12-19(22(25)26)20(14-18)23(27)28/h1-14H,(H,25,26)(H,27,28). The molecular weight excluding hydrogens is 372 g/mol. The van der Waals surface area contributed by atoms with Crippen LogP contribution in [0.15, 0.2) is 78.9 Å². The fraction of sp³-hybridized carbons (Fsp3) is 0. The Morgan fingerprint density at radius 3 is 1.97 bits per heavy atom. The van der Waals surface area contributed by atoms with Crippen LogP contribution in [0.2, 0.25) is 0 Å². The van der Waals surface area contributed by atoms with Crippen LogP contribution >= 0.6 is 0 Å². The molecule has 0 bridgehead atoms. The summed E-state index contributed by atoms with van der Waals surface area (Å²) in [5.41, 5.74) is 0.722.